The molecule has 0 spiro atoms. The lowest BCUT2D eigenvalue weighted by Crippen LogP contribution is -2.32. The van der Waals surface area contributed by atoms with Gasteiger partial charge in [-0.1, -0.05) is 94.1 Å². The number of fused-ring (bicyclic) bond motifs is 2. The average Bonchev–Trinajstić information content (AvgIpc) is 2.94. The molecule has 180 valence electrons. The van der Waals surface area contributed by atoms with E-state index in [4.69, 9.17) is 4.98 Å². The Morgan fingerprint density at radius 3 is 2.49 bits per heavy atom. The van der Waals surface area contributed by atoms with Gasteiger partial charge in [-0.2, -0.15) is 0 Å². The molecule has 0 N–H and O–H groups in total. The standard InChI is InChI=1S/C31H32N2.C2H6/c1-4-22-13-7-9-16-25(22)28-21-23(5-2)31-27(32-28)18-12-20-30(31)33(6-3)29-19-11-15-24-14-8-10-17-26(24)29;1-2/h5,7-11,13-17,19,21,30H,2,4,6,12,18,20H2,1,3H3;1-2H3. The Labute approximate surface area is 211 Å². The number of aryl methyl sites for hydroxylation is 2. The second-order valence-corrected chi connectivity index (χ2v) is 8.86. The van der Waals surface area contributed by atoms with Crippen LogP contribution in [0.5, 0.6) is 0 Å². The van der Waals surface area contributed by atoms with E-state index in [1.165, 1.54) is 44.4 Å². The molecular formula is C33H38N2. The number of pyridine rings is 1. The predicted octanol–water partition coefficient (Wildman–Crippen LogP) is 9.04. The molecule has 0 bridgehead atoms. The van der Waals surface area contributed by atoms with Crippen LogP contribution in [0.15, 0.2) is 79.4 Å². The summed E-state index contributed by atoms with van der Waals surface area (Å²) in [5.41, 5.74) is 8.81. The van der Waals surface area contributed by atoms with E-state index in [-0.39, 0.29) is 0 Å². The first-order chi connectivity index (χ1) is 17.2. The van der Waals surface area contributed by atoms with Gasteiger partial charge in [-0.3, -0.25) is 4.98 Å². The highest BCUT2D eigenvalue weighted by molar-refractivity contribution is 5.94. The van der Waals surface area contributed by atoms with E-state index in [0.29, 0.717) is 6.04 Å². The topological polar surface area (TPSA) is 16.1 Å². The van der Waals surface area contributed by atoms with Crippen LogP contribution < -0.4 is 4.90 Å². The molecule has 2 nitrogen and oxygen atoms in total. The summed E-state index contributed by atoms with van der Waals surface area (Å²) < 4.78 is 0. The molecule has 35 heavy (non-hydrogen) atoms. The molecule has 0 saturated heterocycles. The Hall–Kier alpha value is -3.39. The first-order valence-electron chi connectivity index (χ1n) is 13.2. The molecule has 1 unspecified atom stereocenters. The Bertz CT molecular complexity index is 1300. The minimum Gasteiger partial charge on any atom is -0.364 e. The fraction of sp³-hybridized carbons (Fsp3) is 0.303. The van der Waals surface area contributed by atoms with Crippen molar-refractivity contribution in [3.05, 3.63) is 102 Å². The molecule has 0 radical (unpaired) electrons. The molecule has 5 rings (SSSR count). The molecule has 0 fully saturated rings. The van der Waals surface area contributed by atoms with Crippen LogP contribution in [0.4, 0.5) is 5.69 Å². The van der Waals surface area contributed by atoms with Crippen LogP contribution in [0.2, 0.25) is 0 Å². The van der Waals surface area contributed by atoms with Crippen molar-refractivity contribution in [1.29, 1.82) is 0 Å². The molecule has 1 atom stereocenters. The van der Waals surface area contributed by atoms with Crippen LogP contribution in [0.25, 0.3) is 28.1 Å². The second kappa shape index (κ2) is 11.4. The van der Waals surface area contributed by atoms with Crippen molar-refractivity contribution in [2.24, 2.45) is 0 Å². The lowest BCUT2D eigenvalue weighted by Gasteiger charge is -2.38. The van der Waals surface area contributed by atoms with E-state index >= 15 is 0 Å². The highest BCUT2D eigenvalue weighted by Crippen LogP contribution is 2.42. The smallest absolute Gasteiger partial charge is 0.0714 e. The van der Waals surface area contributed by atoms with Crippen molar-refractivity contribution in [1.82, 2.24) is 4.98 Å². The maximum atomic E-state index is 5.25. The summed E-state index contributed by atoms with van der Waals surface area (Å²) in [6.07, 6.45) is 6.36. The third kappa shape index (κ3) is 4.75. The zero-order valence-corrected chi connectivity index (χ0v) is 21.7. The number of nitrogens with zero attached hydrogens (tertiary/aromatic N) is 2. The van der Waals surface area contributed by atoms with Crippen molar-refractivity contribution in [2.75, 3.05) is 11.4 Å². The summed E-state index contributed by atoms with van der Waals surface area (Å²) in [6, 6.07) is 26.6. The van der Waals surface area contributed by atoms with E-state index in [1.54, 1.807) is 0 Å². The maximum absolute atomic E-state index is 5.25. The van der Waals surface area contributed by atoms with Crippen LogP contribution in [-0.4, -0.2) is 11.5 Å². The molecule has 1 heterocycles. The van der Waals surface area contributed by atoms with Crippen molar-refractivity contribution in [3.63, 3.8) is 0 Å². The number of rotatable bonds is 6. The minimum atomic E-state index is 0.306. The van der Waals surface area contributed by atoms with Gasteiger partial charge in [0.05, 0.1) is 11.7 Å². The summed E-state index contributed by atoms with van der Waals surface area (Å²) in [5, 5.41) is 2.61. The molecule has 0 amide bonds. The van der Waals surface area contributed by atoms with E-state index in [9.17, 15) is 0 Å². The third-order valence-corrected chi connectivity index (χ3v) is 7.08. The zero-order chi connectivity index (χ0) is 24.8. The van der Waals surface area contributed by atoms with Crippen LogP contribution in [0.1, 0.15) is 69.0 Å². The van der Waals surface area contributed by atoms with Crippen molar-refractivity contribution in [3.8, 4) is 11.3 Å². The summed E-state index contributed by atoms with van der Waals surface area (Å²) in [4.78, 5) is 7.83. The molecular weight excluding hydrogens is 424 g/mol. The first-order valence-corrected chi connectivity index (χ1v) is 13.2. The minimum absolute atomic E-state index is 0.306. The van der Waals surface area contributed by atoms with Gasteiger partial charge in [0, 0.05) is 34.4 Å². The molecule has 3 aromatic carbocycles. The fourth-order valence-electron chi connectivity index (χ4n) is 5.53. The summed E-state index contributed by atoms with van der Waals surface area (Å²) in [5.74, 6) is 0. The van der Waals surface area contributed by atoms with Crippen molar-refractivity contribution in [2.45, 2.75) is 59.4 Å². The summed E-state index contributed by atoms with van der Waals surface area (Å²) >= 11 is 0. The molecule has 0 aliphatic heterocycles. The predicted molar refractivity (Wildman–Crippen MR) is 153 cm³/mol. The highest BCUT2D eigenvalue weighted by Gasteiger charge is 2.30. The van der Waals surface area contributed by atoms with E-state index in [0.717, 1.165) is 37.9 Å². The normalized spacial score (nSPS) is 14.6. The SMILES string of the molecule is C=Cc1cc(-c2ccccc2CC)nc2c1C(N(CC)c1cccc3ccccc13)CCC2.CC. The monoisotopic (exact) mass is 462 g/mol. The summed E-state index contributed by atoms with van der Waals surface area (Å²) in [7, 11) is 0. The van der Waals surface area contributed by atoms with Gasteiger partial charge in [0.15, 0.2) is 0 Å². The van der Waals surface area contributed by atoms with Crippen LogP contribution in [0, 0.1) is 0 Å². The van der Waals surface area contributed by atoms with E-state index in [1.807, 2.05) is 19.9 Å². The third-order valence-electron chi connectivity index (χ3n) is 7.08. The lowest BCUT2D eigenvalue weighted by molar-refractivity contribution is 0.520. The second-order valence-electron chi connectivity index (χ2n) is 8.86. The van der Waals surface area contributed by atoms with Crippen molar-refractivity contribution < 1.29 is 0 Å². The molecule has 1 aliphatic carbocycles. The maximum Gasteiger partial charge on any atom is 0.0714 e. The van der Waals surface area contributed by atoms with E-state index < -0.39 is 0 Å². The molecule has 1 aromatic heterocycles. The number of hydrogen-bond acceptors (Lipinski definition) is 2. The Morgan fingerprint density at radius 1 is 0.971 bits per heavy atom. The Morgan fingerprint density at radius 2 is 1.71 bits per heavy atom. The average molecular weight is 463 g/mol. The molecule has 1 aliphatic rings. The van der Waals surface area contributed by atoms with Crippen LogP contribution in [0.3, 0.4) is 0 Å². The van der Waals surface area contributed by atoms with E-state index in [2.05, 4.69) is 98.1 Å². The van der Waals surface area contributed by atoms with Crippen LogP contribution in [-0.2, 0) is 12.8 Å². The van der Waals surface area contributed by atoms with Crippen LogP contribution >= 0.6 is 0 Å². The fourth-order valence-corrected chi connectivity index (χ4v) is 5.53. The lowest BCUT2D eigenvalue weighted by atomic mass is 9.85. The van der Waals surface area contributed by atoms with Gasteiger partial charge in [-0.15, -0.1) is 0 Å². The summed E-state index contributed by atoms with van der Waals surface area (Å²) in [6.45, 7) is 13.6. The quantitative estimate of drug-likeness (QED) is 0.284. The molecule has 0 saturated carbocycles. The highest BCUT2D eigenvalue weighted by atomic mass is 15.2. The van der Waals surface area contributed by atoms with Gasteiger partial charge < -0.3 is 4.90 Å². The van der Waals surface area contributed by atoms with Gasteiger partial charge in [0.25, 0.3) is 0 Å². The van der Waals surface area contributed by atoms with Gasteiger partial charge >= 0.3 is 0 Å². The Kier molecular flexibility index (Phi) is 8.02. The number of aromatic nitrogens is 1. The van der Waals surface area contributed by atoms with Gasteiger partial charge in [-0.05, 0) is 61.3 Å². The zero-order valence-electron chi connectivity index (χ0n) is 21.7. The molecule has 2 heteroatoms. The van der Waals surface area contributed by atoms with Crippen molar-refractivity contribution >= 4 is 22.5 Å². The van der Waals surface area contributed by atoms with Gasteiger partial charge in [0.2, 0.25) is 0 Å². The first kappa shape index (κ1) is 24.7. The Balaban J connectivity index is 0.00000141. The van der Waals surface area contributed by atoms with Gasteiger partial charge in [-0.25, -0.2) is 0 Å². The number of benzene rings is 3. The number of anilines is 1. The van der Waals surface area contributed by atoms with Gasteiger partial charge in [0.1, 0.15) is 0 Å². The number of hydrogen-bond donors (Lipinski definition) is 0. The molecule has 4 aromatic rings. The largest absolute Gasteiger partial charge is 0.364 e.